The molecule has 0 bridgehead atoms. The molecule has 2 aromatic heterocycles. The SMILES string of the molecule is COCCNCC1CCN(c2ccn3nccc3n2)CC1. The van der Waals surface area contributed by atoms with Gasteiger partial charge < -0.3 is 15.0 Å². The van der Waals surface area contributed by atoms with Gasteiger partial charge >= 0.3 is 0 Å². The summed E-state index contributed by atoms with van der Waals surface area (Å²) in [7, 11) is 1.74. The third kappa shape index (κ3) is 3.51. The van der Waals surface area contributed by atoms with Gasteiger partial charge in [-0.1, -0.05) is 0 Å². The van der Waals surface area contributed by atoms with Crippen molar-refractivity contribution in [1.29, 1.82) is 0 Å². The first kappa shape index (κ1) is 14.3. The maximum absolute atomic E-state index is 5.05. The Kier molecular flexibility index (Phi) is 4.67. The summed E-state index contributed by atoms with van der Waals surface area (Å²) in [6.07, 6.45) is 6.19. The molecule has 3 heterocycles. The number of ether oxygens (including phenoxy) is 1. The van der Waals surface area contributed by atoms with Crippen LogP contribution in [0.5, 0.6) is 0 Å². The second-order valence-electron chi connectivity index (χ2n) is 5.55. The first-order valence-electron chi connectivity index (χ1n) is 7.62. The van der Waals surface area contributed by atoms with Gasteiger partial charge in [-0.3, -0.25) is 0 Å². The standard InChI is InChI=1S/C15H23N5O/c1-21-11-7-16-12-13-3-8-19(9-4-13)14-5-10-20-15(18-14)2-6-17-20/h2,5-6,10,13,16H,3-4,7-9,11-12H2,1H3. The van der Waals surface area contributed by atoms with Crippen molar-refractivity contribution in [3.8, 4) is 0 Å². The molecule has 1 fully saturated rings. The second kappa shape index (κ2) is 6.87. The van der Waals surface area contributed by atoms with Gasteiger partial charge in [0.05, 0.1) is 12.8 Å². The average Bonchev–Trinajstić information content (AvgIpc) is 3.00. The Labute approximate surface area is 125 Å². The molecule has 6 nitrogen and oxygen atoms in total. The highest BCUT2D eigenvalue weighted by Gasteiger charge is 2.20. The molecule has 0 spiro atoms. The van der Waals surface area contributed by atoms with Gasteiger partial charge in [-0.25, -0.2) is 9.50 Å². The molecule has 0 atom stereocenters. The molecule has 0 saturated carbocycles. The van der Waals surface area contributed by atoms with Gasteiger partial charge in [-0.05, 0) is 31.4 Å². The van der Waals surface area contributed by atoms with Crippen LogP contribution in [0.4, 0.5) is 5.82 Å². The molecule has 21 heavy (non-hydrogen) atoms. The van der Waals surface area contributed by atoms with Crippen molar-refractivity contribution >= 4 is 11.5 Å². The molecule has 3 rings (SSSR count). The minimum absolute atomic E-state index is 0.761. The smallest absolute Gasteiger partial charge is 0.157 e. The number of hydrogen-bond donors (Lipinski definition) is 1. The van der Waals surface area contributed by atoms with Crippen LogP contribution in [-0.2, 0) is 4.74 Å². The largest absolute Gasteiger partial charge is 0.383 e. The summed E-state index contributed by atoms with van der Waals surface area (Å²) in [6, 6.07) is 3.99. The second-order valence-corrected chi connectivity index (χ2v) is 5.55. The normalized spacial score (nSPS) is 16.7. The van der Waals surface area contributed by atoms with Crippen LogP contribution in [0.3, 0.4) is 0 Å². The van der Waals surface area contributed by atoms with Gasteiger partial charge in [0.1, 0.15) is 5.82 Å². The monoisotopic (exact) mass is 289 g/mol. The van der Waals surface area contributed by atoms with E-state index in [1.807, 2.05) is 12.3 Å². The zero-order chi connectivity index (χ0) is 14.5. The molecule has 114 valence electrons. The van der Waals surface area contributed by atoms with Crippen molar-refractivity contribution in [2.24, 2.45) is 5.92 Å². The van der Waals surface area contributed by atoms with Crippen LogP contribution in [0.2, 0.25) is 0 Å². The lowest BCUT2D eigenvalue weighted by Crippen LogP contribution is -2.38. The van der Waals surface area contributed by atoms with Crippen molar-refractivity contribution < 1.29 is 4.74 Å². The van der Waals surface area contributed by atoms with Gasteiger partial charge in [0.15, 0.2) is 5.65 Å². The minimum Gasteiger partial charge on any atom is -0.383 e. The molecule has 1 aliphatic heterocycles. The van der Waals surface area contributed by atoms with E-state index in [2.05, 4.69) is 26.4 Å². The van der Waals surface area contributed by atoms with Crippen LogP contribution in [0.1, 0.15) is 12.8 Å². The Morgan fingerprint density at radius 2 is 2.19 bits per heavy atom. The van der Waals surface area contributed by atoms with E-state index in [1.165, 1.54) is 12.8 Å². The molecule has 1 aliphatic rings. The molecule has 0 unspecified atom stereocenters. The van der Waals surface area contributed by atoms with Crippen LogP contribution >= 0.6 is 0 Å². The van der Waals surface area contributed by atoms with E-state index in [-0.39, 0.29) is 0 Å². The van der Waals surface area contributed by atoms with E-state index in [4.69, 9.17) is 4.74 Å². The Hall–Kier alpha value is -1.66. The molecular weight excluding hydrogens is 266 g/mol. The minimum atomic E-state index is 0.761. The fraction of sp³-hybridized carbons (Fsp3) is 0.600. The molecule has 1 saturated heterocycles. The number of methoxy groups -OCH3 is 1. The third-order valence-electron chi connectivity index (χ3n) is 4.10. The number of anilines is 1. The molecule has 6 heteroatoms. The van der Waals surface area contributed by atoms with Gasteiger partial charge in [0, 0.05) is 39.0 Å². The van der Waals surface area contributed by atoms with Gasteiger partial charge in [0.25, 0.3) is 0 Å². The van der Waals surface area contributed by atoms with Gasteiger partial charge in [0.2, 0.25) is 0 Å². The number of nitrogens with zero attached hydrogens (tertiary/aromatic N) is 4. The van der Waals surface area contributed by atoms with Crippen molar-refractivity contribution in [3.63, 3.8) is 0 Å². The highest BCUT2D eigenvalue weighted by molar-refractivity contribution is 5.47. The first-order chi connectivity index (χ1) is 10.4. The number of rotatable bonds is 6. The lowest BCUT2D eigenvalue weighted by Gasteiger charge is -2.32. The zero-order valence-corrected chi connectivity index (χ0v) is 12.5. The summed E-state index contributed by atoms with van der Waals surface area (Å²) in [4.78, 5) is 7.04. The van der Waals surface area contributed by atoms with E-state index in [0.717, 1.165) is 50.2 Å². The number of piperidine rings is 1. The Balaban J connectivity index is 1.50. The van der Waals surface area contributed by atoms with E-state index in [0.29, 0.717) is 0 Å². The highest BCUT2D eigenvalue weighted by atomic mass is 16.5. The fourth-order valence-corrected chi connectivity index (χ4v) is 2.83. The summed E-state index contributed by atoms with van der Waals surface area (Å²) in [6.45, 7) is 4.97. The van der Waals surface area contributed by atoms with Crippen LogP contribution in [0.25, 0.3) is 5.65 Å². The number of hydrogen-bond acceptors (Lipinski definition) is 5. The molecule has 2 aromatic rings. The summed E-state index contributed by atoms with van der Waals surface area (Å²) < 4.78 is 6.85. The molecule has 0 aromatic carbocycles. The quantitative estimate of drug-likeness (QED) is 0.809. The Morgan fingerprint density at radius 1 is 1.33 bits per heavy atom. The summed E-state index contributed by atoms with van der Waals surface area (Å²) in [5, 5.41) is 7.64. The Bertz CT molecular complexity index is 562. The van der Waals surface area contributed by atoms with Crippen molar-refractivity contribution in [3.05, 3.63) is 24.5 Å². The van der Waals surface area contributed by atoms with Crippen LogP contribution in [0.15, 0.2) is 24.5 Å². The molecule has 0 amide bonds. The number of fused-ring (bicyclic) bond motifs is 1. The first-order valence-corrected chi connectivity index (χ1v) is 7.62. The van der Waals surface area contributed by atoms with Gasteiger partial charge in [-0.2, -0.15) is 5.10 Å². The van der Waals surface area contributed by atoms with E-state index < -0.39 is 0 Å². The van der Waals surface area contributed by atoms with Crippen LogP contribution in [-0.4, -0.2) is 54.5 Å². The predicted octanol–water partition coefficient (Wildman–Crippen LogP) is 1.18. The Morgan fingerprint density at radius 3 is 3.00 bits per heavy atom. The van der Waals surface area contributed by atoms with Crippen LogP contribution in [0, 0.1) is 5.92 Å². The lowest BCUT2D eigenvalue weighted by atomic mass is 9.97. The van der Waals surface area contributed by atoms with Gasteiger partial charge in [-0.15, -0.1) is 0 Å². The summed E-state index contributed by atoms with van der Waals surface area (Å²) in [5.41, 5.74) is 0.913. The maximum atomic E-state index is 5.05. The van der Waals surface area contributed by atoms with Crippen molar-refractivity contribution in [2.75, 3.05) is 44.8 Å². The molecule has 0 aliphatic carbocycles. The highest BCUT2D eigenvalue weighted by Crippen LogP contribution is 2.21. The summed E-state index contributed by atoms with van der Waals surface area (Å²) in [5.74, 6) is 1.82. The average molecular weight is 289 g/mol. The zero-order valence-electron chi connectivity index (χ0n) is 12.5. The molecular formula is C15H23N5O. The fourth-order valence-electron chi connectivity index (χ4n) is 2.83. The van der Waals surface area contributed by atoms with Crippen molar-refractivity contribution in [2.45, 2.75) is 12.8 Å². The molecule has 0 radical (unpaired) electrons. The van der Waals surface area contributed by atoms with E-state index in [9.17, 15) is 0 Å². The topological polar surface area (TPSA) is 54.7 Å². The van der Waals surface area contributed by atoms with E-state index >= 15 is 0 Å². The molecule has 1 N–H and O–H groups in total. The maximum Gasteiger partial charge on any atom is 0.157 e. The van der Waals surface area contributed by atoms with Crippen molar-refractivity contribution in [1.82, 2.24) is 19.9 Å². The lowest BCUT2D eigenvalue weighted by molar-refractivity contribution is 0.197. The number of aromatic nitrogens is 3. The van der Waals surface area contributed by atoms with E-state index in [1.54, 1.807) is 17.8 Å². The third-order valence-corrected chi connectivity index (χ3v) is 4.10. The predicted molar refractivity (Wildman–Crippen MR) is 82.7 cm³/mol. The number of nitrogens with one attached hydrogen (secondary N) is 1. The summed E-state index contributed by atoms with van der Waals surface area (Å²) >= 11 is 0. The van der Waals surface area contributed by atoms with Crippen LogP contribution < -0.4 is 10.2 Å².